The highest BCUT2D eigenvalue weighted by molar-refractivity contribution is 6.34. The van der Waals surface area contributed by atoms with E-state index in [2.05, 4.69) is 23.7 Å². The molecule has 1 amide bonds. The molecule has 1 aliphatic rings. The molecule has 0 spiro atoms. The summed E-state index contributed by atoms with van der Waals surface area (Å²) in [5.74, 6) is -0.256. The van der Waals surface area contributed by atoms with Crippen molar-refractivity contribution in [2.24, 2.45) is 0 Å². The van der Waals surface area contributed by atoms with Crippen LogP contribution < -0.4 is 0 Å². The lowest BCUT2D eigenvalue weighted by molar-refractivity contribution is 0.0291. The Bertz CT molecular complexity index is 1050. The molecule has 0 aliphatic carbocycles. The van der Waals surface area contributed by atoms with Crippen molar-refractivity contribution in [3.8, 4) is 0 Å². The number of rotatable bonds is 3. The fraction of sp³-hybridized carbons (Fsp3) is 0.348. The average Bonchev–Trinajstić information content (AvgIpc) is 3.03. The van der Waals surface area contributed by atoms with Gasteiger partial charge >= 0.3 is 0 Å². The number of nitrogens with one attached hydrogen (secondary N) is 1. The largest absolute Gasteiger partial charge is 0.359 e. The summed E-state index contributed by atoms with van der Waals surface area (Å²) in [5.41, 5.74) is 3.59. The summed E-state index contributed by atoms with van der Waals surface area (Å²) in [5, 5.41) is 1.46. The van der Waals surface area contributed by atoms with Gasteiger partial charge in [0.2, 0.25) is 0 Å². The molecule has 1 saturated heterocycles. The molecule has 29 heavy (non-hydrogen) atoms. The zero-order chi connectivity index (χ0) is 20.7. The minimum Gasteiger partial charge on any atom is -0.359 e. The molecule has 0 radical (unpaired) electrons. The van der Waals surface area contributed by atoms with Gasteiger partial charge in [-0.05, 0) is 56.7 Å². The minimum atomic E-state index is -0.225. The number of H-pyrrole nitrogens is 1. The number of aromatic amines is 1. The minimum absolute atomic E-state index is 0.0310. The zero-order valence-electron chi connectivity index (χ0n) is 16.9. The van der Waals surface area contributed by atoms with Gasteiger partial charge in [0.25, 0.3) is 5.91 Å². The summed E-state index contributed by atoms with van der Waals surface area (Å²) in [6.45, 7) is 8.29. The zero-order valence-corrected chi connectivity index (χ0v) is 17.6. The molecule has 2 atom stereocenters. The van der Waals surface area contributed by atoms with E-state index in [1.165, 1.54) is 12.1 Å². The second-order valence-corrected chi connectivity index (χ2v) is 8.49. The number of halogens is 2. The Kier molecular flexibility index (Phi) is 5.36. The summed E-state index contributed by atoms with van der Waals surface area (Å²) in [4.78, 5) is 20.8. The molecule has 1 aliphatic heterocycles. The number of fused-ring (bicyclic) bond motifs is 1. The third-order valence-electron chi connectivity index (χ3n) is 5.75. The number of nitrogens with zero attached hydrogens (tertiary/aromatic N) is 2. The van der Waals surface area contributed by atoms with E-state index in [9.17, 15) is 9.18 Å². The number of aryl methyl sites for hydroxylation is 1. The average molecular weight is 414 g/mol. The van der Waals surface area contributed by atoms with Crippen molar-refractivity contribution in [2.45, 2.75) is 39.4 Å². The Morgan fingerprint density at radius 2 is 1.86 bits per heavy atom. The Balaban J connectivity index is 1.52. The lowest BCUT2D eigenvalue weighted by Crippen LogP contribution is -2.57. The fourth-order valence-electron chi connectivity index (χ4n) is 4.14. The maximum absolute atomic E-state index is 13.3. The van der Waals surface area contributed by atoms with E-state index in [4.69, 9.17) is 11.6 Å². The van der Waals surface area contributed by atoms with Crippen LogP contribution in [0, 0.1) is 12.7 Å². The first-order chi connectivity index (χ1) is 13.8. The van der Waals surface area contributed by atoms with E-state index in [0.717, 1.165) is 35.2 Å². The Morgan fingerprint density at radius 3 is 2.59 bits per heavy atom. The maximum Gasteiger partial charge on any atom is 0.255 e. The molecule has 1 aromatic heterocycles. The van der Waals surface area contributed by atoms with Crippen LogP contribution in [-0.2, 0) is 6.54 Å². The molecule has 4 rings (SSSR count). The fourth-order valence-corrected chi connectivity index (χ4v) is 4.39. The highest BCUT2D eigenvalue weighted by Gasteiger charge is 2.33. The monoisotopic (exact) mass is 413 g/mol. The lowest BCUT2D eigenvalue weighted by Gasteiger charge is -2.44. The highest BCUT2D eigenvalue weighted by Crippen LogP contribution is 2.28. The van der Waals surface area contributed by atoms with E-state index >= 15 is 0 Å². The highest BCUT2D eigenvalue weighted by atomic mass is 35.5. The van der Waals surface area contributed by atoms with Gasteiger partial charge in [0.05, 0.1) is 10.6 Å². The van der Waals surface area contributed by atoms with Gasteiger partial charge in [-0.1, -0.05) is 23.7 Å². The summed E-state index contributed by atoms with van der Waals surface area (Å²) < 4.78 is 13.2. The first-order valence-electron chi connectivity index (χ1n) is 9.90. The van der Waals surface area contributed by atoms with Crippen molar-refractivity contribution < 1.29 is 9.18 Å². The molecule has 6 heteroatoms. The molecule has 152 valence electrons. The van der Waals surface area contributed by atoms with Gasteiger partial charge < -0.3 is 9.88 Å². The number of hydrogen-bond donors (Lipinski definition) is 1. The van der Waals surface area contributed by atoms with Crippen molar-refractivity contribution in [3.05, 3.63) is 70.1 Å². The lowest BCUT2D eigenvalue weighted by atomic mass is 10.0. The summed E-state index contributed by atoms with van der Waals surface area (Å²) in [6, 6.07) is 12.6. The Morgan fingerprint density at radius 1 is 1.14 bits per heavy atom. The number of aromatic nitrogens is 1. The molecule has 2 aromatic carbocycles. The first-order valence-corrected chi connectivity index (χ1v) is 10.3. The van der Waals surface area contributed by atoms with Gasteiger partial charge in [-0.2, -0.15) is 0 Å². The third-order valence-corrected chi connectivity index (χ3v) is 6.06. The summed E-state index contributed by atoms with van der Waals surface area (Å²) in [6.07, 6.45) is 0. The van der Waals surface area contributed by atoms with E-state index in [0.29, 0.717) is 17.1 Å². The van der Waals surface area contributed by atoms with Crippen LogP contribution in [0.15, 0.2) is 42.5 Å². The number of carbonyl (C=O) groups excluding carboxylic acids is 1. The van der Waals surface area contributed by atoms with Gasteiger partial charge in [0.15, 0.2) is 0 Å². The molecular formula is C23H25ClFN3O. The SMILES string of the molecule is Cc1cc2cc(C(=O)N3C[C@H](C)N(Cc4ccc(F)cc4)C[C@H]3C)c(Cl)cc2[nH]1. The van der Waals surface area contributed by atoms with Gasteiger partial charge in [-0.15, -0.1) is 0 Å². The second-order valence-electron chi connectivity index (χ2n) is 8.08. The van der Waals surface area contributed by atoms with Crippen LogP contribution in [-0.4, -0.2) is 45.9 Å². The van der Waals surface area contributed by atoms with Crippen molar-refractivity contribution in [2.75, 3.05) is 13.1 Å². The van der Waals surface area contributed by atoms with Crippen LogP contribution in [0.3, 0.4) is 0 Å². The maximum atomic E-state index is 13.3. The smallest absolute Gasteiger partial charge is 0.255 e. The quantitative estimate of drug-likeness (QED) is 0.656. The number of piperazine rings is 1. The molecule has 1 N–H and O–H groups in total. The van der Waals surface area contributed by atoms with Crippen LogP contribution in [0.25, 0.3) is 10.9 Å². The number of carbonyl (C=O) groups is 1. The van der Waals surface area contributed by atoms with Crippen LogP contribution in [0.5, 0.6) is 0 Å². The normalized spacial score (nSPS) is 20.4. The van der Waals surface area contributed by atoms with Crippen molar-refractivity contribution >= 4 is 28.4 Å². The molecule has 4 nitrogen and oxygen atoms in total. The summed E-state index contributed by atoms with van der Waals surface area (Å²) >= 11 is 6.45. The van der Waals surface area contributed by atoms with E-state index in [1.54, 1.807) is 0 Å². The van der Waals surface area contributed by atoms with Gasteiger partial charge in [0.1, 0.15) is 5.82 Å². The van der Waals surface area contributed by atoms with Gasteiger partial charge in [-0.25, -0.2) is 4.39 Å². The number of hydrogen-bond acceptors (Lipinski definition) is 2. The summed E-state index contributed by atoms with van der Waals surface area (Å²) in [7, 11) is 0. The Labute approximate surface area is 175 Å². The molecule has 1 fully saturated rings. The number of amides is 1. The Hall–Kier alpha value is -2.37. The molecular weight excluding hydrogens is 389 g/mol. The van der Waals surface area contributed by atoms with E-state index in [1.807, 2.05) is 42.2 Å². The first kappa shape index (κ1) is 19.9. The van der Waals surface area contributed by atoms with Crippen LogP contribution in [0.1, 0.15) is 35.5 Å². The second kappa shape index (κ2) is 7.81. The van der Waals surface area contributed by atoms with E-state index < -0.39 is 0 Å². The number of benzene rings is 2. The molecule has 0 saturated carbocycles. The molecule has 3 aromatic rings. The molecule has 0 unspecified atom stereocenters. The standard InChI is InChI=1S/C23H25ClFN3O/c1-14-8-18-9-20(21(24)10-22(18)26-14)23(29)28-12-15(2)27(11-16(28)3)13-17-4-6-19(25)7-5-17/h4-10,15-16,26H,11-13H2,1-3H3/t15-,16+/m0/s1. The molecule has 2 heterocycles. The topological polar surface area (TPSA) is 39.3 Å². The predicted octanol–water partition coefficient (Wildman–Crippen LogP) is 5.00. The van der Waals surface area contributed by atoms with Crippen molar-refractivity contribution in [1.29, 1.82) is 0 Å². The van der Waals surface area contributed by atoms with Gasteiger partial charge in [0, 0.05) is 48.3 Å². The van der Waals surface area contributed by atoms with Crippen LogP contribution in [0.2, 0.25) is 5.02 Å². The van der Waals surface area contributed by atoms with Crippen molar-refractivity contribution in [1.82, 2.24) is 14.8 Å². The van der Waals surface area contributed by atoms with Gasteiger partial charge in [-0.3, -0.25) is 9.69 Å². The van der Waals surface area contributed by atoms with E-state index in [-0.39, 0.29) is 23.8 Å². The molecule has 0 bridgehead atoms. The third kappa shape index (κ3) is 4.02. The van der Waals surface area contributed by atoms with Crippen LogP contribution >= 0.6 is 11.6 Å². The van der Waals surface area contributed by atoms with Crippen molar-refractivity contribution in [3.63, 3.8) is 0 Å². The predicted molar refractivity (Wildman–Crippen MR) is 115 cm³/mol. The van der Waals surface area contributed by atoms with Crippen LogP contribution in [0.4, 0.5) is 4.39 Å².